The number of piperidine rings is 1. The molecule has 0 saturated carbocycles. The molecule has 0 aromatic heterocycles. The molecule has 1 aliphatic rings. The number of benzene rings is 2. The Morgan fingerprint density at radius 2 is 1.97 bits per heavy atom. The van der Waals surface area contributed by atoms with Crippen LogP contribution in [-0.4, -0.2) is 38.1 Å². The van der Waals surface area contributed by atoms with Gasteiger partial charge >= 0.3 is 6.18 Å². The van der Waals surface area contributed by atoms with E-state index in [2.05, 4.69) is 5.32 Å². The van der Waals surface area contributed by atoms with Gasteiger partial charge in [-0.05, 0) is 66.8 Å². The van der Waals surface area contributed by atoms with Crippen LogP contribution >= 0.6 is 11.6 Å². The molecule has 6 nitrogen and oxygen atoms in total. The number of halogens is 4. The minimum Gasteiger partial charge on any atom is -0.348 e. The Balaban J connectivity index is 1.86. The first-order chi connectivity index (χ1) is 16.3. The number of alkyl halides is 3. The van der Waals surface area contributed by atoms with E-state index in [0.29, 0.717) is 19.0 Å². The number of nitrogens with two attached hydrogens (primary N) is 1. The van der Waals surface area contributed by atoms with Gasteiger partial charge in [-0.15, -0.1) is 0 Å². The van der Waals surface area contributed by atoms with Crippen LogP contribution in [0.15, 0.2) is 41.3 Å². The summed E-state index contributed by atoms with van der Waals surface area (Å²) in [6.45, 7) is 4.51. The van der Waals surface area contributed by atoms with Gasteiger partial charge < -0.3 is 11.1 Å². The third-order valence-corrected chi connectivity index (χ3v) is 8.26. The smallest absolute Gasteiger partial charge is 0.348 e. The van der Waals surface area contributed by atoms with E-state index in [1.54, 1.807) is 0 Å². The normalized spacial score (nSPS) is 18.3. The van der Waals surface area contributed by atoms with Crippen molar-refractivity contribution in [2.75, 3.05) is 18.8 Å². The molecule has 0 bridgehead atoms. The van der Waals surface area contributed by atoms with Crippen LogP contribution in [0.25, 0.3) is 0 Å². The Morgan fingerprint density at radius 3 is 2.60 bits per heavy atom. The summed E-state index contributed by atoms with van der Waals surface area (Å²) in [4.78, 5) is 14.6. The number of hydrogen-bond acceptors (Lipinski definition) is 5. The molecule has 3 N–H and O–H groups in total. The fraction of sp³-hybridized carbons (Fsp3) is 0.458. The van der Waals surface area contributed by atoms with Crippen molar-refractivity contribution in [3.63, 3.8) is 0 Å². The van der Waals surface area contributed by atoms with Crippen molar-refractivity contribution >= 4 is 27.3 Å². The number of rotatable bonds is 7. The number of nitrogens with zero attached hydrogens (tertiary/aromatic N) is 1. The first-order valence-corrected chi connectivity index (χ1v) is 13.4. The quantitative estimate of drug-likeness (QED) is 0.537. The Hall–Kier alpha value is -2.14. The number of amides is 1. The average Bonchev–Trinajstić information content (AvgIpc) is 2.81. The zero-order valence-electron chi connectivity index (χ0n) is 19.5. The highest BCUT2D eigenvalue weighted by Gasteiger charge is 2.37. The van der Waals surface area contributed by atoms with Crippen molar-refractivity contribution in [3.8, 4) is 0 Å². The van der Waals surface area contributed by atoms with Gasteiger partial charge in [-0.3, -0.25) is 9.69 Å². The molecule has 1 heterocycles. The summed E-state index contributed by atoms with van der Waals surface area (Å²) in [5.41, 5.74) is 5.22. The molecule has 0 aliphatic carbocycles. The van der Waals surface area contributed by atoms with Crippen LogP contribution in [0.4, 0.5) is 13.2 Å². The lowest BCUT2D eigenvalue weighted by atomic mass is 9.96. The molecule has 0 spiro atoms. The van der Waals surface area contributed by atoms with Crippen molar-refractivity contribution in [2.24, 2.45) is 11.7 Å². The van der Waals surface area contributed by atoms with E-state index < -0.39 is 33.6 Å². The molecule has 2 atom stereocenters. The van der Waals surface area contributed by atoms with Crippen molar-refractivity contribution < 1.29 is 26.4 Å². The van der Waals surface area contributed by atoms with Crippen molar-refractivity contribution in [1.29, 1.82) is 0 Å². The van der Waals surface area contributed by atoms with E-state index in [0.717, 1.165) is 18.9 Å². The maximum atomic E-state index is 13.9. The van der Waals surface area contributed by atoms with Gasteiger partial charge in [0.25, 0.3) is 5.91 Å². The van der Waals surface area contributed by atoms with Crippen LogP contribution in [0.5, 0.6) is 0 Å². The summed E-state index contributed by atoms with van der Waals surface area (Å²) >= 11 is 5.99. The van der Waals surface area contributed by atoms with Crippen LogP contribution in [0.1, 0.15) is 59.9 Å². The predicted molar refractivity (Wildman–Crippen MR) is 129 cm³/mol. The SMILES string of the molecule is CCS(=O)(=O)c1ccc(Cl)cc1CNC(=O)c1ccc([C@@H](N)N2CCCC(C)C2)c(C(F)(F)F)c1. The molecule has 35 heavy (non-hydrogen) atoms. The molecule has 11 heteroatoms. The number of carbonyl (C=O) groups is 1. The highest BCUT2D eigenvalue weighted by molar-refractivity contribution is 7.91. The average molecular weight is 532 g/mol. The third-order valence-electron chi connectivity index (χ3n) is 6.20. The van der Waals surface area contributed by atoms with Crippen LogP contribution in [0.2, 0.25) is 5.02 Å². The monoisotopic (exact) mass is 531 g/mol. The summed E-state index contributed by atoms with van der Waals surface area (Å²) < 4.78 is 66.5. The zero-order chi connectivity index (χ0) is 26.0. The van der Waals surface area contributed by atoms with Gasteiger partial charge in [0.1, 0.15) is 0 Å². The highest BCUT2D eigenvalue weighted by Crippen LogP contribution is 2.36. The Bertz CT molecular complexity index is 1190. The number of carbonyl (C=O) groups excluding carboxylic acids is 1. The lowest BCUT2D eigenvalue weighted by Crippen LogP contribution is -2.42. The molecule has 1 unspecified atom stereocenters. The van der Waals surface area contributed by atoms with Crippen molar-refractivity contribution in [2.45, 2.75) is 50.5 Å². The first-order valence-electron chi connectivity index (χ1n) is 11.3. The Morgan fingerprint density at radius 1 is 1.26 bits per heavy atom. The molecular formula is C24H29ClF3N3O3S. The van der Waals surface area contributed by atoms with E-state index in [4.69, 9.17) is 17.3 Å². The fourth-order valence-electron chi connectivity index (χ4n) is 4.30. The van der Waals surface area contributed by atoms with E-state index in [1.807, 2.05) is 11.8 Å². The fourth-order valence-corrected chi connectivity index (χ4v) is 5.61. The van der Waals surface area contributed by atoms with Crippen LogP contribution in [0.3, 0.4) is 0 Å². The molecule has 3 rings (SSSR count). The van der Waals surface area contributed by atoms with Gasteiger partial charge in [-0.1, -0.05) is 31.5 Å². The zero-order valence-corrected chi connectivity index (χ0v) is 21.1. The minimum atomic E-state index is -4.71. The summed E-state index contributed by atoms with van der Waals surface area (Å²) in [5, 5.41) is 2.78. The Labute approximate surface area is 208 Å². The van der Waals surface area contributed by atoms with Crippen LogP contribution < -0.4 is 11.1 Å². The number of nitrogens with one attached hydrogen (secondary N) is 1. The van der Waals surface area contributed by atoms with E-state index in [-0.39, 0.29) is 38.9 Å². The second-order valence-electron chi connectivity index (χ2n) is 8.83. The molecule has 1 saturated heterocycles. The van der Waals surface area contributed by atoms with Gasteiger partial charge in [0.15, 0.2) is 9.84 Å². The van der Waals surface area contributed by atoms with Gasteiger partial charge in [0, 0.05) is 23.7 Å². The van der Waals surface area contributed by atoms with Crippen molar-refractivity contribution in [1.82, 2.24) is 10.2 Å². The Kier molecular flexibility index (Phi) is 8.52. The van der Waals surface area contributed by atoms with Crippen molar-refractivity contribution in [3.05, 3.63) is 63.7 Å². The molecule has 2 aromatic rings. The molecular weight excluding hydrogens is 503 g/mol. The molecule has 192 valence electrons. The lowest BCUT2D eigenvalue weighted by Gasteiger charge is -2.36. The number of likely N-dealkylation sites (tertiary alicyclic amines) is 1. The second-order valence-corrected chi connectivity index (χ2v) is 11.5. The molecule has 0 radical (unpaired) electrons. The van der Waals surface area contributed by atoms with Gasteiger partial charge in [-0.2, -0.15) is 13.2 Å². The summed E-state index contributed by atoms with van der Waals surface area (Å²) in [6.07, 6.45) is -3.79. The van der Waals surface area contributed by atoms with E-state index in [1.165, 1.54) is 37.3 Å². The van der Waals surface area contributed by atoms with Gasteiger partial charge in [0.2, 0.25) is 0 Å². The molecule has 2 aromatic carbocycles. The maximum Gasteiger partial charge on any atom is 0.416 e. The highest BCUT2D eigenvalue weighted by atomic mass is 35.5. The van der Waals surface area contributed by atoms with E-state index >= 15 is 0 Å². The molecule has 1 fully saturated rings. The first kappa shape index (κ1) is 27.4. The minimum absolute atomic E-state index is 0.0118. The largest absolute Gasteiger partial charge is 0.416 e. The second kappa shape index (κ2) is 10.9. The standard InChI is InChI=1S/C24H29ClF3N3O3S/c1-3-35(33,34)21-9-7-18(25)11-17(21)13-30-23(32)16-6-8-19(20(12-16)24(26,27)28)22(29)31-10-4-5-15(2)14-31/h6-9,11-12,15,22H,3-5,10,13-14,29H2,1-2H3,(H,30,32)/t15?,22-/m0/s1. The van der Waals surface area contributed by atoms with Crippen LogP contribution in [-0.2, 0) is 22.6 Å². The van der Waals surface area contributed by atoms with E-state index in [9.17, 15) is 26.4 Å². The van der Waals surface area contributed by atoms with Gasteiger partial charge in [-0.25, -0.2) is 8.42 Å². The summed E-state index contributed by atoms with van der Waals surface area (Å²) in [6, 6.07) is 7.52. The predicted octanol–water partition coefficient (Wildman–Crippen LogP) is 4.77. The van der Waals surface area contributed by atoms with Gasteiger partial charge in [0.05, 0.1) is 22.4 Å². The van der Waals surface area contributed by atoms with Crippen LogP contribution in [0, 0.1) is 5.92 Å². The number of sulfone groups is 1. The number of hydrogen-bond donors (Lipinski definition) is 2. The summed E-state index contributed by atoms with van der Waals surface area (Å²) in [7, 11) is -3.59. The topological polar surface area (TPSA) is 92.5 Å². The molecule has 1 aliphatic heterocycles. The molecule has 1 amide bonds. The lowest BCUT2D eigenvalue weighted by molar-refractivity contribution is -0.138. The third kappa shape index (κ3) is 6.55. The summed E-state index contributed by atoms with van der Waals surface area (Å²) in [5.74, 6) is -0.591. The maximum absolute atomic E-state index is 13.9.